The van der Waals surface area contributed by atoms with Crippen molar-refractivity contribution in [3.63, 3.8) is 0 Å². The second kappa shape index (κ2) is 4.02. The molecule has 0 aromatic heterocycles. The fourth-order valence-corrected chi connectivity index (χ4v) is 2.47. The summed E-state index contributed by atoms with van der Waals surface area (Å²) in [6, 6.07) is 0. The summed E-state index contributed by atoms with van der Waals surface area (Å²) in [5, 5.41) is 0. The molecule has 1 rings (SSSR count). The minimum atomic E-state index is -0.783. The van der Waals surface area contributed by atoms with E-state index in [1.165, 1.54) is 0 Å². The Kier molecular flexibility index (Phi) is 3.39. The quantitative estimate of drug-likeness (QED) is 0.701. The monoisotopic (exact) mass is 227 g/mol. The van der Waals surface area contributed by atoms with Crippen LogP contribution in [0, 0.1) is 5.41 Å². The van der Waals surface area contributed by atoms with Crippen molar-refractivity contribution < 1.29 is 9.53 Å². The van der Waals surface area contributed by atoms with Gasteiger partial charge in [-0.15, -0.1) is 0 Å². The van der Waals surface area contributed by atoms with Crippen molar-refractivity contribution in [3.8, 4) is 0 Å². The molecule has 94 valence electrons. The molecule has 1 fully saturated rings. The number of rotatable bonds is 1. The first-order valence-corrected chi connectivity index (χ1v) is 6.07. The molecule has 0 saturated heterocycles. The van der Waals surface area contributed by atoms with Gasteiger partial charge in [0.05, 0.1) is 0 Å². The van der Waals surface area contributed by atoms with Gasteiger partial charge in [-0.25, -0.2) is 0 Å². The summed E-state index contributed by atoms with van der Waals surface area (Å²) in [5.74, 6) is -0.243. The predicted molar refractivity (Wildman–Crippen MR) is 65.0 cm³/mol. The van der Waals surface area contributed by atoms with Gasteiger partial charge in [-0.05, 0) is 45.4 Å². The standard InChI is InChI=1S/C13H25NO2/c1-11(2,3)16-10(15)13(14)8-6-7-12(4,5)9-13/h6-9,14H2,1-5H3/t13-/m0/s1. The van der Waals surface area contributed by atoms with Crippen LogP contribution in [-0.2, 0) is 9.53 Å². The summed E-state index contributed by atoms with van der Waals surface area (Å²) in [6.45, 7) is 9.96. The zero-order chi connectivity index (χ0) is 12.6. The van der Waals surface area contributed by atoms with E-state index in [0.717, 1.165) is 25.7 Å². The van der Waals surface area contributed by atoms with Gasteiger partial charge in [-0.1, -0.05) is 20.3 Å². The average Bonchev–Trinajstić information content (AvgIpc) is 1.97. The van der Waals surface area contributed by atoms with E-state index in [-0.39, 0.29) is 11.4 Å². The van der Waals surface area contributed by atoms with E-state index in [1.807, 2.05) is 20.8 Å². The maximum Gasteiger partial charge on any atom is 0.326 e. The van der Waals surface area contributed by atoms with Gasteiger partial charge >= 0.3 is 5.97 Å². The number of esters is 1. The lowest BCUT2D eigenvalue weighted by atomic mass is 9.68. The Hall–Kier alpha value is -0.570. The van der Waals surface area contributed by atoms with Gasteiger partial charge in [0.1, 0.15) is 11.1 Å². The Labute approximate surface area is 98.7 Å². The van der Waals surface area contributed by atoms with Gasteiger partial charge in [0.25, 0.3) is 0 Å². The van der Waals surface area contributed by atoms with E-state index >= 15 is 0 Å². The van der Waals surface area contributed by atoms with E-state index in [4.69, 9.17) is 10.5 Å². The molecule has 0 amide bonds. The van der Waals surface area contributed by atoms with Crippen LogP contribution in [0.5, 0.6) is 0 Å². The van der Waals surface area contributed by atoms with Crippen LogP contribution >= 0.6 is 0 Å². The van der Waals surface area contributed by atoms with Crippen LogP contribution in [0.15, 0.2) is 0 Å². The number of carbonyl (C=O) groups excluding carboxylic acids is 1. The highest BCUT2D eigenvalue weighted by molar-refractivity contribution is 5.81. The number of hydrogen-bond donors (Lipinski definition) is 1. The van der Waals surface area contributed by atoms with Crippen molar-refractivity contribution >= 4 is 5.97 Å². The molecular formula is C13H25NO2. The predicted octanol–water partition coefficient (Wildman–Crippen LogP) is 2.63. The van der Waals surface area contributed by atoms with Crippen LogP contribution in [0.3, 0.4) is 0 Å². The molecule has 1 aliphatic carbocycles. The van der Waals surface area contributed by atoms with Gasteiger partial charge in [0.15, 0.2) is 0 Å². The smallest absolute Gasteiger partial charge is 0.326 e. The Bertz CT molecular complexity index is 278. The van der Waals surface area contributed by atoms with Crippen molar-refractivity contribution in [2.45, 2.75) is 71.4 Å². The fraction of sp³-hybridized carbons (Fsp3) is 0.923. The molecule has 0 spiro atoms. The van der Waals surface area contributed by atoms with Crippen LogP contribution in [-0.4, -0.2) is 17.1 Å². The summed E-state index contributed by atoms with van der Waals surface area (Å²) in [4.78, 5) is 12.1. The summed E-state index contributed by atoms with van der Waals surface area (Å²) < 4.78 is 5.41. The molecule has 1 atom stereocenters. The second-order valence-electron chi connectivity index (χ2n) is 6.85. The van der Waals surface area contributed by atoms with Crippen molar-refractivity contribution in [2.75, 3.05) is 0 Å². The van der Waals surface area contributed by atoms with Crippen molar-refractivity contribution in [2.24, 2.45) is 11.1 Å². The van der Waals surface area contributed by atoms with E-state index in [1.54, 1.807) is 0 Å². The SMILES string of the molecule is CC1(C)CCC[C@@](N)(C(=O)OC(C)(C)C)C1. The molecule has 3 nitrogen and oxygen atoms in total. The first kappa shape index (κ1) is 13.5. The highest BCUT2D eigenvalue weighted by Crippen LogP contribution is 2.40. The van der Waals surface area contributed by atoms with Crippen molar-refractivity contribution in [3.05, 3.63) is 0 Å². The Morgan fingerprint density at radius 3 is 2.25 bits per heavy atom. The number of ether oxygens (including phenoxy) is 1. The third-order valence-electron chi connectivity index (χ3n) is 3.08. The van der Waals surface area contributed by atoms with Crippen molar-refractivity contribution in [1.82, 2.24) is 0 Å². The fourth-order valence-electron chi connectivity index (χ4n) is 2.47. The van der Waals surface area contributed by atoms with E-state index < -0.39 is 11.1 Å². The molecule has 0 bridgehead atoms. The molecule has 0 aromatic carbocycles. The molecule has 3 heteroatoms. The lowest BCUT2D eigenvalue weighted by Crippen LogP contribution is -2.55. The largest absolute Gasteiger partial charge is 0.459 e. The molecule has 2 N–H and O–H groups in total. The third kappa shape index (κ3) is 3.48. The minimum Gasteiger partial charge on any atom is -0.459 e. The second-order valence-corrected chi connectivity index (χ2v) is 6.85. The van der Waals surface area contributed by atoms with Gasteiger partial charge in [-0.3, -0.25) is 4.79 Å². The van der Waals surface area contributed by atoms with Gasteiger partial charge < -0.3 is 10.5 Å². The van der Waals surface area contributed by atoms with E-state index in [0.29, 0.717) is 0 Å². The molecule has 0 heterocycles. The summed E-state index contributed by atoms with van der Waals surface area (Å²) >= 11 is 0. The maximum atomic E-state index is 12.1. The third-order valence-corrected chi connectivity index (χ3v) is 3.08. The van der Waals surface area contributed by atoms with E-state index in [2.05, 4.69) is 13.8 Å². The highest BCUT2D eigenvalue weighted by Gasteiger charge is 2.44. The zero-order valence-electron chi connectivity index (χ0n) is 11.2. The van der Waals surface area contributed by atoms with Crippen molar-refractivity contribution in [1.29, 1.82) is 0 Å². The Morgan fingerprint density at radius 2 is 1.81 bits per heavy atom. The Balaban J connectivity index is 2.74. The average molecular weight is 227 g/mol. The van der Waals surface area contributed by atoms with Crippen LogP contribution in [0.1, 0.15) is 60.3 Å². The van der Waals surface area contributed by atoms with Gasteiger partial charge in [0.2, 0.25) is 0 Å². The lowest BCUT2D eigenvalue weighted by Gasteiger charge is -2.41. The Morgan fingerprint density at radius 1 is 1.25 bits per heavy atom. The van der Waals surface area contributed by atoms with Crippen LogP contribution in [0.2, 0.25) is 0 Å². The maximum absolute atomic E-state index is 12.1. The first-order chi connectivity index (χ1) is 7.04. The van der Waals surface area contributed by atoms with Crippen LogP contribution in [0.25, 0.3) is 0 Å². The molecule has 1 aliphatic rings. The molecule has 1 saturated carbocycles. The first-order valence-electron chi connectivity index (χ1n) is 6.07. The lowest BCUT2D eigenvalue weighted by molar-refractivity contribution is -0.164. The minimum absolute atomic E-state index is 0.143. The molecule has 0 aromatic rings. The molecular weight excluding hydrogens is 202 g/mol. The van der Waals surface area contributed by atoms with Crippen LogP contribution < -0.4 is 5.73 Å². The molecule has 16 heavy (non-hydrogen) atoms. The highest BCUT2D eigenvalue weighted by atomic mass is 16.6. The van der Waals surface area contributed by atoms with Gasteiger partial charge in [-0.2, -0.15) is 0 Å². The molecule has 0 unspecified atom stereocenters. The molecule has 0 aliphatic heterocycles. The summed E-state index contributed by atoms with van der Waals surface area (Å²) in [5.41, 5.74) is 5.12. The van der Waals surface area contributed by atoms with Gasteiger partial charge in [0, 0.05) is 0 Å². The normalized spacial score (nSPS) is 29.9. The topological polar surface area (TPSA) is 52.3 Å². The summed E-state index contributed by atoms with van der Waals surface area (Å²) in [6.07, 6.45) is 3.59. The number of nitrogens with two attached hydrogens (primary N) is 1. The number of hydrogen-bond acceptors (Lipinski definition) is 3. The van der Waals surface area contributed by atoms with E-state index in [9.17, 15) is 4.79 Å². The summed E-state index contributed by atoms with van der Waals surface area (Å²) in [7, 11) is 0. The zero-order valence-corrected chi connectivity index (χ0v) is 11.2. The molecule has 0 radical (unpaired) electrons. The number of carbonyl (C=O) groups is 1. The van der Waals surface area contributed by atoms with Crippen LogP contribution in [0.4, 0.5) is 0 Å².